The molecular weight excluding hydrogens is 394 g/mol. The Kier molecular flexibility index (Phi) is 6.32. The van der Waals surface area contributed by atoms with Crippen LogP contribution >= 0.6 is 28.3 Å². The standard InChI is InChI=1S/C17H20BrN3O2.ClH/c1-11(2)21-10-13(18)8-15(21)17(22)20-14-3-4-16-12(7-14)9-19-5-6-23-16;/h3-4,7-8,10-11,19H,5-6,9H2,1-2H3,(H,20,22);1H. The number of nitrogens with zero attached hydrogens (tertiary/aromatic N) is 1. The van der Waals surface area contributed by atoms with Crippen molar-refractivity contribution in [3.05, 3.63) is 46.2 Å². The van der Waals surface area contributed by atoms with E-state index in [4.69, 9.17) is 4.74 Å². The average molecular weight is 415 g/mol. The normalized spacial score (nSPS) is 13.5. The number of ether oxygens (including phenoxy) is 1. The Hall–Kier alpha value is -1.50. The van der Waals surface area contributed by atoms with Gasteiger partial charge in [0.25, 0.3) is 5.91 Å². The molecule has 1 aliphatic heterocycles. The molecule has 0 atom stereocenters. The summed E-state index contributed by atoms with van der Waals surface area (Å²) in [6.45, 7) is 6.33. The summed E-state index contributed by atoms with van der Waals surface area (Å²) in [5.74, 6) is 0.758. The number of amides is 1. The highest BCUT2D eigenvalue weighted by Crippen LogP contribution is 2.25. The van der Waals surface area contributed by atoms with Gasteiger partial charge in [0.2, 0.25) is 0 Å². The van der Waals surface area contributed by atoms with E-state index in [-0.39, 0.29) is 24.4 Å². The van der Waals surface area contributed by atoms with Gasteiger partial charge in [-0.15, -0.1) is 12.4 Å². The fourth-order valence-electron chi connectivity index (χ4n) is 2.64. The molecule has 0 spiro atoms. The third-order valence-electron chi connectivity index (χ3n) is 3.77. The second kappa shape index (κ2) is 8.05. The van der Waals surface area contributed by atoms with Crippen molar-refractivity contribution in [1.29, 1.82) is 0 Å². The zero-order valence-electron chi connectivity index (χ0n) is 13.6. The maximum absolute atomic E-state index is 12.6. The number of fused-ring (bicyclic) bond motifs is 1. The summed E-state index contributed by atoms with van der Waals surface area (Å²) in [6.07, 6.45) is 1.92. The van der Waals surface area contributed by atoms with E-state index >= 15 is 0 Å². The van der Waals surface area contributed by atoms with Gasteiger partial charge in [-0.1, -0.05) is 0 Å². The van der Waals surface area contributed by atoms with E-state index in [9.17, 15) is 4.79 Å². The summed E-state index contributed by atoms with van der Waals surface area (Å²) in [7, 11) is 0. The van der Waals surface area contributed by atoms with Crippen LogP contribution in [0.1, 0.15) is 35.9 Å². The molecule has 0 unspecified atom stereocenters. The summed E-state index contributed by atoms with van der Waals surface area (Å²) in [5, 5.41) is 6.27. The Morgan fingerprint density at radius 2 is 2.17 bits per heavy atom. The second-order valence-electron chi connectivity index (χ2n) is 5.85. The lowest BCUT2D eigenvalue weighted by Crippen LogP contribution is -2.18. The van der Waals surface area contributed by atoms with E-state index in [1.54, 1.807) is 0 Å². The molecule has 0 bridgehead atoms. The highest BCUT2D eigenvalue weighted by Gasteiger charge is 2.16. The minimum atomic E-state index is -0.119. The van der Waals surface area contributed by atoms with Gasteiger partial charge < -0.3 is 19.9 Å². The first-order valence-corrected chi connectivity index (χ1v) is 8.49. The summed E-state index contributed by atoms with van der Waals surface area (Å²) in [4.78, 5) is 12.6. The largest absolute Gasteiger partial charge is 0.492 e. The van der Waals surface area contributed by atoms with Crippen LogP contribution < -0.4 is 15.4 Å². The first-order chi connectivity index (χ1) is 11.0. The summed E-state index contributed by atoms with van der Waals surface area (Å²) < 4.78 is 8.51. The smallest absolute Gasteiger partial charge is 0.272 e. The highest BCUT2D eigenvalue weighted by atomic mass is 79.9. The summed E-state index contributed by atoms with van der Waals surface area (Å²) in [6, 6.07) is 7.80. The maximum Gasteiger partial charge on any atom is 0.272 e. The minimum Gasteiger partial charge on any atom is -0.492 e. The number of hydrogen-bond donors (Lipinski definition) is 2. The molecule has 130 valence electrons. The number of halogens is 2. The van der Waals surface area contributed by atoms with Crippen molar-refractivity contribution in [2.45, 2.75) is 26.4 Å². The monoisotopic (exact) mass is 413 g/mol. The van der Waals surface area contributed by atoms with Crippen molar-refractivity contribution in [3.8, 4) is 5.75 Å². The van der Waals surface area contributed by atoms with Gasteiger partial charge in [0.15, 0.2) is 0 Å². The van der Waals surface area contributed by atoms with E-state index in [0.29, 0.717) is 12.3 Å². The van der Waals surface area contributed by atoms with Crippen LogP contribution in [-0.4, -0.2) is 23.6 Å². The molecule has 0 fully saturated rings. The van der Waals surface area contributed by atoms with Gasteiger partial charge in [0, 0.05) is 41.1 Å². The van der Waals surface area contributed by atoms with Crippen LogP contribution in [0.4, 0.5) is 5.69 Å². The molecule has 1 amide bonds. The van der Waals surface area contributed by atoms with E-state index in [1.165, 1.54) is 0 Å². The van der Waals surface area contributed by atoms with Gasteiger partial charge in [-0.25, -0.2) is 0 Å². The van der Waals surface area contributed by atoms with Crippen molar-refractivity contribution in [1.82, 2.24) is 9.88 Å². The number of aromatic nitrogens is 1. The number of carbonyl (C=O) groups is 1. The predicted molar refractivity (Wildman–Crippen MR) is 101 cm³/mol. The Morgan fingerprint density at radius 1 is 1.38 bits per heavy atom. The van der Waals surface area contributed by atoms with Crippen molar-refractivity contribution < 1.29 is 9.53 Å². The topological polar surface area (TPSA) is 55.3 Å². The number of hydrogen-bond acceptors (Lipinski definition) is 3. The molecule has 24 heavy (non-hydrogen) atoms. The molecule has 2 N–H and O–H groups in total. The fourth-order valence-corrected chi connectivity index (χ4v) is 3.08. The molecule has 2 aromatic rings. The SMILES string of the molecule is CC(C)n1cc(Br)cc1C(=O)Nc1ccc2c(c1)CNCCO2.Cl. The van der Waals surface area contributed by atoms with Crippen LogP contribution in [0.15, 0.2) is 34.9 Å². The Labute approximate surface area is 156 Å². The maximum atomic E-state index is 12.6. The van der Waals surface area contributed by atoms with Crippen molar-refractivity contribution in [2.24, 2.45) is 0 Å². The number of carbonyl (C=O) groups excluding carboxylic acids is 1. The zero-order chi connectivity index (χ0) is 16.4. The molecule has 0 radical (unpaired) electrons. The van der Waals surface area contributed by atoms with Crippen molar-refractivity contribution in [3.63, 3.8) is 0 Å². The van der Waals surface area contributed by atoms with Crippen LogP contribution in [-0.2, 0) is 6.54 Å². The van der Waals surface area contributed by atoms with E-state index < -0.39 is 0 Å². The summed E-state index contributed by atoms with van der Waals surface area (Å²) >= 11 is 3.44. The Bertz CT molecular complexity index is 731. The predicted octanol–water partition coefficient (Wildman–Crippen LogP) is 3.99. The molecule has 1 aliphatic rings. The van der Waals surface area contributed by atoms with E-state index in [1.807, 2.05) is 35.0 Å². The highest BCUT2D eigenvalue weighted by molar-refractivity contribution is 9.10. The van der Waals surface area contributed by atoms with Gasteiger partial charge >= 0.3 is 0 Å². The first-order valence-electron chi connectivity index (χ1n) is 7.70. The van der Waals surface area contributed by atoms with Gasteiger partial charge in [0.05, 0.1) is 0 Å². The molecule has 1 aromatic carbocycles. The summed E-state index contributed by atoms with van der Waals surface area (Å²) in [5.41, 5.74) is 2.46. The third-order valence-corrected chi connectivity index (χ3v) is 4.21. The Morgan fingerprint density at radius 3 is 2.92 bits per heavy atom. The van der Waals surface area contributed by atoms with Crippen molar-refractivity contribution >= 4 is 39.9 Å². The van der Waals surface area contributed by atoms with Crippen LogP contribution in [0.25, 0.3) is 0 Å². The first kappa shape index (κ1) is 18.8. The van der Waals surface area contributed by atoms with E-state index in [0.717, 1.165) is 34.6 Å². The van der Waals surface area contributed by atoms with Gasteiger partial charge in [-0.05, 0) is 54.0 Å². The zero-order valence-corrected chi connectivity index (χ0v) is 16.0. The Balaban J connectivity index is 0.00000208. The van der Waals surface area contributed by atoms with Gasteiger partial charge in [-0.3, -0.25) is 4.79 Å². The lowest BCUT2D eigenvalue weighted by atomic mass is 10.1. The molecule has 5 nitrogen and oxygen atoms in total. The average Bonchev–Trinajstić information content (AvgIpc) is 2.76. The number of anilines is 1. The fraction of sp³-hybridized carbons (Fsp3) is 0.353. The number of nitrogens with one attached hydrogen (secondary N) is 2. The minimum absolute atomic E-state index is 0. The van der Waals surface area contributed by atoms with Crippen molar-refractivity contribution in [2.75, 3.05) is 18.5 Å². The van der Waals surface area contributed by atoms with Crippen LogP contribution in [0.5, 0.6) is 5.75 Å². The van der Waals surface area contributed by atoms with Gasteiger partial charge in [0.1, 0.15) is 18.1 Å². The molecule has 0 aliphatic carbocycles. The van der Waals surface area contributed by atoms with Gasteiger partial charge in [-0.2, -0.15) is 0 Å². The lowest BCUT2D eigenvalue weighted by molar-refractivity contribution is 0.101. The molecule has 1 aromatic heterocycles. The number of benzene rings is 1. The van der Waals surface area contributed by atoms with Crippen LogP contribution in [0.2, 0.25) is 0 Å². The quantitative estimate of drug-likeness (QED) is 0.798. The molecule has 0 saturated heterocycles. The molecular formula is C17H21BrClN3O2. The lowest BCUT2D eigenvalue weighted by Gasteiger charge is -2.14. The second-order valence-corrected chi connectivity index (χ2v) is 6.76. The molecule has 3 rings (SSSR count). The van der Waals surface area contributed by atoms with E-state index in [2.05, 4.69) is 40.4 Å². The van der Waals surface area contributed by atoms with Crippen LogP contribution in [0.3, 0.4) is 0 Å². The number of rotatable bonds is 3. The molecule has 0 saturated carbocycles. The molecule has 2 heterocycles. The molecule has 7 heteroatoms. The van der Waals surface area contributed by atoms with Crippen LogP contribution in [0, 0.1) is 0 Å². The third kappa shape index (κ3) is 4.12.